The lowest BCUT2D eigenvalue weighted by atomic mass is 10.0. The van der Waals surface area contributed by atoms with E-state index in [0.29, 0.717) is 11.2 Å². The minimum atomic E-state index is 0.565. The van der Waals surface area contributed by atoms with Crippen molar-refractivity contribution < 1.29 is 4.74 Å². The van der Waals surface area contributed by atoms with Crippen molar-refractivity contribution in [3.63, 3.8) is 0 Å². The van der Waals surface area contributed by atoms with Crippen LogP contribution in [0.1, 0.15) is 24.8 Å². The van der Waals surface area contributed by atoms with Gasteiger partial charge in [0.25, 0.3) is 0 Å². The molecule has 22 heavy (non-hydrogen) atoms. The zero-order chi connectivity index (χ0) is 15.4. The highest BCUT2D eigenvalue weighted by Gasteiger charge is 2.25. The lowest BCUT2D eigenvalue weighted by Gasteiger charge is -2.37. The van der Waals surface area contributed by atoms with Crippen LogP contribution in [-0.4, -0.2) is 60.7 Å². The predicted octanol–water partition coefficient (Wildman–Crippen LogP) is 2.67. The van der Waals surface area contributed by atoms with Crippen LogP contribution in [0.4, 0.5) is 0 Å². The van der Waals surface area contributed by atoms with Crippen LogP contribution in [0, 0.1) is 5.92 Å². The van der Waals surface area contributed by atoms with Gasteiger partial charge in [-0.15, -0.1) is 0 Å². The van der Waals surface area contributed by atoms with Crippen LogP contribution < -0.4 is 0 Å². The third-order valence-corrected chi connectivity index (χ3v) is 5.17. The van der Waals surface area contributed by atoms with Crippen LogP contribution in [0.3, 0.4) is 0 Å². The molecule has 1 aromatic rings. The molecule has 4 nitrogen and oxygen atoms in total. The zero-order valence-electron chi connectivity index (χ0n) is 13.4. The Morgan fingerprint density at radius 2 is 2.14 bits per heavy atom. The highest BCUT2D eigenvalue weighted by molar-refractivity contribution is 6.29. The van der Waals surface area contributed by atoms with Crippen LogP contribution in [0.15, 0.2) is 18.3 Å². The topological polar surface area (TPSA) is 28.6 Å². The van der Waals surface area contributed by atoms with Crippen molar-refractivity contribution in [1.29, 1.82) is 0 Å². The molecule has 3 rings (SSSR count). The van der Waals surface area contributed by atoms with Gasteiger partial charge >= 0.3 is 0 Å². The molecule has 0 saturated carbocycles. The molecule has 1 aromatic heterocycles. The predicted molar refractivity (Wildman–Crippen MR) is 89.1 cm³/mol. The molecule has 2 aliphatic rings. The van der Waals surface area contributed by atoms with Crippen molar-refractivity contribution in [3.05, 3.63) is 29.0 Å². The standard InChI is InChI=1S/C17H26ClN3O/c1-20(11-14-2-3-17(18)19-10-14)16-4-7-21(8-5-16)12-15-6-9-22-13-15/h2-3,10,15-16H,4-9,11-13H2,1H3/t15-/m1/s1. The Morgan fingerprint density at radius 1 is 1.32 bits per heavy atom. The molecule has 0 amide bonds. The van der Waals surface area contributed by atoms with E-state index in [4.69, 9.17) is 16.3 Å². The van der Waals surface area contributed by atoms with Crippen molar-refractivity contribution in [3.8, 4) is 0 Å². The van der Waals surface area contributed by atoms with Crippen molar-refractivity contribution in [2.45, 2.75) is 31.8 Å². The summed E-state index contributed by atoms with van der Waals surface area (Å²) >= 11 is 5.84. The Morgan fingerprint density at radius 3 is 2.77 bits per heavy atom. The highest BCUT2D eigenvalue weighted by Crippen LogP contribution is 2.21. The molecule has 1 atom stereocenters. The molecular weight excluding hydrogens is 298 g/mol. The molecule has 0 spiro atoms. The Labute approximate surface area is 138 Å². The summed E-state index contributed by atoms with van der Waals surface area (Å²) in [5, 5.41) is 0.565. The average molecular weight is 324 g/mol. The molecule has 0 bridgehead atoms. The van der Waals surface area contributed by atoms with Crippen LogP contribution in [0.2, 0.25) is 5.15 Å². The molecule has 0 aliphatic carbocycles. The molecule has 2 saturated heterocycles. The van der Waals surface area contributed by atoms with E-state index in [-0.39, 0.29) is 0 Å². The van der Waals surface area contributed by atoms with Gasteiger partial charge in [-0.25, -0.2) is 4.98 Å². The van der Waals surface area contributed by atoms with Gasteiger partial charge in [0.05, 0.1) is 6.61 Å². The molecule has 5 heteroatoms. The number of ether oxygens (including phenoxy) is 1. The second kappa shape index (κ2) is 7.73. The third kappa shape index (κ3) is 4.42. The minimum Gasteiger partial charge on any atom is -0.381 e. The summed E-state index contributed by atoms with van der Waals surface area (Å²) in [6.45, 7) is 6.51. The van der Waals surface area contributed by atoms with Crippen molar-refractivity contribution >= 4 is 11.6 Å². The smallest absolute Gasteiger partial charge is 0.129 e. The highest BCUT2D eigenvalue weighted by atomic mass is 35.5. The fraction of sp³-hybridized carbons (Fsp3) is 0.706. The Balaban J connectivity index is 1.43. The van der Waals surface area contributed by atoms with Crippen molar-refractivity contribution in [2.75, 3.05) is 39.9 Å². The fourth-order valence-electron chi connectivity index (χ4n) is 3.55. The first-order chi connectivity index (χ1) is 10.7. The van der Waals surface area contributed by atoms with Gasteiger partial charge in [0.15, 0.2) is 0 Å². The first kappa shape index (κ1) is 16.2. The van der Waals surface area contributed by atoms with Crippen LogP contribution in [-0.2, 0) is 11.3 Å². The molecule has 2 aliphatic heterocycles. The second-order valence-corrected chi connectivity index (χ2v) is 7.05. The molecule has 0 N–H and O–H groups in total. The van der Waals surface area contributed by atoms with E-state index < -0.39 is 0 Å². The van der Waals surface area contributed by atoms with Gasteiger partial charge in [-0.1, -0.05) is 17.7 Å². The number of likely N-dealkylation sites (tertiary alicyclic amines) is 1. The molecule has 0 aromatic carbocycles. The van der Waals surface area contributed by atoms with Crippen LogP contribution in [0.25, 0.3) is 0 Å². The average Bonchev–Trinajstić information content (AvgIpc) is 3.03. The Bertz CT molecular complexity index is 453. The second-order valence-electron chi connectivity index (χ2n) is 6.67. The van der Waals surface area contributed by atoms with E-state index in [2.05, 4.69) is 27.9 Å². The number of aromatic nitrogens is 1. The Hall–Kier alpha value is -0.680. The number of piperidine rings is 1. The van der Waals surface area contributed by atoms with E-state index in [0.717, 1.165) is 25.7 Å². The maximum Gasteiger partial charge on any atom is 0.129 e. The zero-order valence-corrected chi connectivity index (χ0v) is 14.1. The summed E-state index contributed by atoms with van der Waals surface area (Å²) in [6.07, 6.45) is 5.63. The van der Waals surface area contributed by atoms with Gasteiger partial charge in [-0.05, 0) is 56.9 Å². The summed E-state index contributed by atoms with van der Waals surface area (Å²) in [5.74, 6) is 0.759. The summed E-state index contributed by atoms with van der Waals surface area (Å²) in [5.41, 5.74) is 1.23. The molecule has 2 fully saturated rings. The van der Waals surface area contributed by atoms with E-state index in [1.807, 2.05) is 12.3 Å². The lowest BCUT2D eigenvalue weighted by molar-refractivity contribution is 0.106. The maximum atomic E-state index is 5.84. The van der Waals surface area contributed by atoms with E-state index in [9.17, 15) is 0 Å². The summed E-state index contributed by atoms with van der Waals surface area (Å²) in [7, 11) is 2.22. The number of halogens is 1. The van der Waals surface area contributed by atoms with Crippen molar-refractivity contribution in [2.24, 2.45) is 5.92 Å². The largest absolute Gasteiger partial charge is 0.381 e. The first-order valence-electron chi connectivity index (χ1n) is 8.31. The van der Waals surface area contributed by atoms with Gasteiger partial charge in [-0.2, -0.15) is 0 Å². The molecule has 0 radical (unpaired) electrons. The maximum absolute atomic E-state index is 5.84. The first-order valence-corrected chi connectivity index (χ1v) is 8.69. The van der Waals surface area contributed by atoms with Crippen LogP contribution >= 0.6 is 11.6 Å². The monoisotopic (exact) mass is 323 g/mol. The van der Waals surface area contributed by atoms with Gasteiger partial charge in [-0.3, -0.25) is 4.90 Å². The molecule has 0 unspecified atom stereocenters. The number of hydrogen-bond acceptors (Lipinski definition) is 4. The number of nitrogens with zero attached hydrogens (tertiary/aromatic N) is 3. The quantitative estimate of drug-likeness (QED) is 0.779. The third-order valence-electron chi connectivity index (χ3n) is 4.94. The van der Waals surface area contributed by atoms with Gasteiger partial charge in [0.2, 0.25) is 0 Å². The van der Waals surface area contributed by atoms with Gasteiger partial charge in [0, 0.05) is 31.9 Å². The van der Waals surface area contributed by atoms with Crippen LogP contribution in [0.5, 0.6) is 0 Å². The Kier molecular flexibility index (Phi) is 5.69. The van der Waals surface area contributed by atoms with E-state index in [1.54, 1.807) is 0 Å². The fourth-order valence-corrected chi connectivity index (χ4v) is 3.66. The normalized spacial score (nSPS) is 24.2. The summed E-state index contributed by atoms with van der Waals surface area (Å²) in [6, 6.07) is 4.62. The lowest BCUT2D eigenvalue weighted by Crippen LogP contribution is -2.44. The minimum absolute atomic E-state index is 0.565. The summed E-state index contributed by atoms with van der Waals surface area (Å²) < 4.78 is 5.48. The van der Waals surface area contributed by atoms with Gasteiger partial charge < -0.3 is 9.64 Å². The number of hydrogen-bond donors (Lipinski definition) is 0. The molecular formula is C17H26ClN3O. The van der Waals surface area contributed by atoms with Crippen molar-refractivity contribution in [1.82, 2.24) is 14.8 Å². The molecule has 3 heterocycles. The summed E-state index contributed by atoms with van der Waals surface area (Å²) in [4.78, 5) is 9.24. The number of pyridine rings is 1. The SMILES string of the molecule is CN(Cc1ccc(Cl)nc1)C1CCN(C[C@H]2CCOC2)CC1. The molecule has 122 valence electrons. The van der Waals surface area contributed by atoms with E-state index >= 15 is 0 Å². The van der Waals surface area contributed by atoms with Gasteiger partial charge in [0.1, 0.15) is 5.15 Å². The van der Waals surface area contributed by atoms with E-state index in [1.165, 1.54) is 44.5 Å². The number of rotatable bonds is 5.